The molecule has 5 heteroatoms. The van der Waals surface area contributed by atoms with Crippen molar-refractivity contribution >= 4 is 38.8 Å². The van der Waals surface area contributed by atoms with Gasteiger partial charge in [-0.15, -0.1) is 0 Å². The second-order valence-corrected chi connectivity index (χ2v) is 8.61. The maximum atomic E-state index is 13.6. The summed E-state index contributed by atoms with van der Waals surface area (Å²) in [5.41, 5.74) is 3.49. The Balaban J connectivity index is 1.53. The molecule has 6 aromatic rings. The minimum atomic E-state index is -0.470. The van der Waals surface area contributed by atoms with Crippen LogP contribution < -0.4 is 0 Å². The third-order valence-corrected chi connectivity index (χ3v) is 6.47. The molecule has 0 saturated heterocycles. The summed E-state index contributed by atoms with van der Waals surface area (Å²) in [6, 6.07) is 31.1. The second kappa shape index (κ2) is 8.78. The molecule has 2 heterocycles. The summed E-state index contributed by atoms with van der Waals surface area (Å²) in [6.07, 6.45) is 1.61. The van der Waals surface area contributed by atoms with Gasteiger partial charge in [-0.2, -0.15) is 0 Å². The van der Waals surface area contributed by atoms with Gasteiger partial charge in [-0.25, -0.2) is 9.78 Å². The van der Waals surface area contributed by atoms with Crippen molar-refractivity contribution in [3.63, 3.8) is 0 Å². The first-order chi connectivity index (χ1) is 17.6. The molecule has 0 amide bonds. The van der Waals surface area contributed by atoms with Crippen molar-refractivity contribution in [2.45, 2.75) is 6.92 Å². The molecular formula is C31H22N2O3. The molecule has 0 bridgehead atoms. The van der Waals surface area contributed by atoms with E-state index in [-0.39, 0.29) is 12.4 Å². The Morgan fingerprint density at radius 3 is 2.39 bits per heavy atom. The standard InChI is InChI=1S/C31H22N2O3/c1-2-36-31(35)26-17-29(30(34)23-15-14-20-8-3-4-10-22(20)16-23)33-19-32-27(18-28(26)33)25-13-7-11-21-9-5-6-12-24(21)25/h3-19H,2H2,1H3. The Hall–Kier alpha value is -4.77. The van der Waals surface area contributed by atoms with Gasteiger partial charge in [0, 0.05) is 11.1 Å². The van der Waals surface area contributed by atoms with Crippen LogP contribution in [-0.4, -0.2) is 27.7 Å². The van der Waals surface area contributed by atoms with Crippen molar-refractivity contribution in [1.29, 1.82) is 0 Å². The Morgan fingerprint density at radius 2 is 1.56 bits per heavy atom. The fourth-order valence-corrected chi connectivity index (χ4v) is 4.72. The van der Waals surface area contributed by atoms with E-state index in [0.717, 1.165) is 27.1 Å². The third kappa shape index (κ3) is 3.62. The lowest BCUT2D eigenvalue weighted by Gasteiger charge is -2.09. The molecule has 0 saturated carbocycles. The lowest BCUT2D eigenvalue weighted by molar-refractivity contribution is 0.0529. The van der Waals surface area contributed by atoms with Crippen molar-refractivity contribution in [3.05, 3.63) is 120 Å². The van der Waals surface area contributed by atoms with E-state index in [1.165, 1.54) is 0 Å². The molecule has 0 radical (unpaired) electrons. The maximum Gasteiger partial charge on any atom is 0.340 e. The van der Waals surface area contributed by atoms with Crippen LogP contribution >= 0.6 is 0 Å². The van der Waals surface area contributed by atoms with Crippen LogP contribution in [0.25, 0.3) is 38.3 Å². The summed E-state index contributed by atoms with van der Waals surface area (Å²) in [5.74, 6) is -0.659. The lowest BCUT2D eigenvalue weighted by atomic mass is 10.0. The number of nitrogens with zero attached hydrogens (tertiary/aromatic N) is 2. The van der Waals surface area contributed by atoms with E-state index in [2.05, 4.69) is 18.2 Å². The number of ketones is 1. The zero-order valence-corrected chi connectivity index (χ0v) is 19.6. The summed E-state index contributed by atoms with van der Waals surface area (Å²) >= 11 is 0. The number of fused-ring (bicyclic) bond motifs is 3. The Kier molecular flexibility index (Phi) is 5.30. The van der Waals surface area contributed by atoms with Gasteiger partial charge in [-0.1, -0.05) is 78.9 Å². The van der Waals surface area contributed by atoms with Gasteiger partial charge in [0.2, 0.25) is 5.78 Å². The predicted molar refractivity (Wildman–Crippen MR) is 141 cm³/mol. The zero-order chi connectivity index (χ0) is 24.6. The van der Waals surface area contributed by atoms with Gasteiger partial charge >= 0.3 is 5.97 Å². The molecule has 5 nitrogen and oxygen atoms in total. The molecule has 0 atom stereocenters. The topological polar surface area (TPSA) is 60.7 Å². The van der Waals surface area contributed by atoms with Crippen molar-refractivity contribution in [3.8, 4) is 11.3 Å². The highest BCUT2D eigenvalue weighted by molar-refractivity contribution is 6.12. The minimum Gasteiger partial charge on any atom is -0.462 e. The van der Waals surface area contributed by atoms with E-state index >= 15 is 0 Å². The SMILES string of the molecule is CCOC(=O)c1cc(C(=O)c2ccc3ccccc3c2)n2cnc(-c3cccc4ccccc34)cc12. The highest BCUT2D eigenvalue weighted by atomic mass is 16.5. The number of aromatic nitrogens is 2. The summed E-state index contributed by atoms with van der Waals surface area (Å²) in [5, 5.41) is 4.20. The van der Waals surface area contributed by atoms with E-state index in [9.17, 15) is 9.59 Å². The van der Waals surface area contributed by atoms with Gasteiger partial charge < -0.3 is 4.74 Å². The van der Waals surface area contributed by atoms with E-state index in [0.29, 0.717) is 28.0 Å². The Labute approximate surface area is 207 Å². The minimum absolute atomic E-state index is 0.189. The van der Waals surface area contributed by atoms with Gasteiger partial charge in [0.25, 0.3) is 0 Å². The number of rotatable bonds is 5. The summed E-state index contributed by atoms with van der Waals surface area (Å²) < 4.78 is 7.00. The summed E-state index contributed by atoms with van der Waals surface area (Å²) in [7, 11) is 0. The summed E-state index contributed by atoms with van der Waals surface area (Å²) in [6.45, 7) is 2.01. The average Bonchev–Trinajstić information content (AvgIpc) is 3.31. The van der Waals surface area contributed by atoms with Crippen molar-refractivity contribution in [1.82, 2.24) is 9.38 Å². The van der Waals surface area contributed by atoms with Gasteiger partial charge in [0.1, 0.15) is 6.33 Å². The first kappa shape index (κ1) is 21.7. The quantitative estimate of drug-likeness (QED) is 0.207. The van der Waals surface area contributed by atoms with Gasteiger partial charge in [-0.3, -0.25) is 9.20 Å². The van der Waals surface area contributed by atoms with Crippen molar-refractivity contribution in [2.75, 3.05) is 6.61 Å². The van der Waals surface area contributed by atoms with Crippen LogP contribution in [0.2, 0.25) is 0 Å². The molecule has 0 spiro atoms. The van der Waals surface area contributed by atoms with Crippen LogP contribution in [-0.2, 0) is 4.74 Å². The van der Waals surface area contributed by atoms with Crippen molar-refractivity contribution in [2.24, 2.45) is 0 Å². The van der Waals surface area contributed by atoms with Gasteiger partial charge in [0.05, 0.1) is 29.1 Å². The fourth-order valence-electron chi connectivity index (χ4n) is 4.72. The highest BCUT2D eigenvalue weighted by Crippen LogP contribution is 2.30. The molecule has 6 rings (SSSR count). The van der Waals surface area contributed by atoms with Gasteiger partial charge in [-0.05, 0) is 46.7 Å². The number of benzene rings is 4. The molecule has 2 aromatic heterocycles. The third-order valence-electron chi connectivity index (χ3n) is 6.47. The predicted octanol–water partition coefficient (Wildman–Crippen LogP) is 6.72. The second-order valence-electron chi connectivity index (χ2n) is 8.61. The smallest absolute Gasteiger partial charge is 0.340 e. The van der Waals surface area contributed by atoms with Crippen LogP contribution in [0.1, 0.15) is 33.3 Å². The molecule has 36 heavy (non-hydrogen) atoms. The van der Waals surface area contributed by atoms with Crippen LogP contribution in [0.4, 0.5) is 0 Å². The molecule has 0 aliphatic carbocycles. The number of hydrogen-bond acceptors (Lipinski definition) is 4. The molecule has 0 unspecified atom stereocenters. The van der Waals surface area contributed by atoms with E-state index in [1.54, 1.807) is 23.7 Å². The number of esters is 1. The van der Waals surface area contributed by atoms with Crippen molar-refractivity contribution < 1.29 is 14.3 Å². The van der Waals surface area contributed by atoms with Crippen LogP contribution in [0.3, 0.4) is 0 Å². The molecule has 174 valence electrons. The Bertz CT molecular complexity index is 1790. The van der Waals surface area contributed by atoms with Crippen LogP contribution in [0, 0.1) is 0 Å². The monoisotopic (exact) mass is 470 g/mol. The number of carbonyl (C=O) groups excluding carboxylic acids is 2. The largest absolute Gasteiger partial charge is 0.462 e. The maximum absolute atomic E-state index is 13.6. The molecule has 4 aromatic carbocycles. The van der Waals surface area contributed by atoms with Crippen LogP contribution in [0.5, 0.6) is 0 Å². The Morgan fingerprint density at radius 1 is 0.806 bits per heavy atom. The summed E-state index contributed by atoms with van der Waals surface area (Å²) in [4.78, 5) is 31.2. The van der Waals surface area contributed by atoms with Gasteiger partial charge in [0.15, 0.2) is 0 Å². The number of hydrogen-bond donors (Lipinski definition) is 0. The number of ether oxygens (including phenoxy) is 1. The molecule has 0 N–H and O–H groups in total. The fraction of sp³-hybridized carbons (Fsp3) is 0.0645. The van der Waals surface area contributed by atoms with E-state index in [4.69, 9.17) is 9.72 Å². The van der Waals surface area contributed by atoms with Crippen LogP contribution in [0.15, 0.2) is 103 Å². The first-order valence-electron chi connectivity index (χ1n) is 11.8. The number of carbonyl (C=O) groups is 2. The first-order valence-corrected chi connectivity index (χ1v) is 11.8. The van der Waals surface area contributed by atoms with E-state index < -0.39 is 5.97 Å². The normalized spacial score (nSPS) is 11.2. The zero-order valence-electron chi connectivity index (χ0n) is 19.6. The molecule has 0 aliphatic rings. The average molecular weight is 471 g/mol. The molecular weight excluding hydrogens is 448 g/mol. The highest BCUT2D eigenvalue weighted by Gasteiger charge is 2.23. The lowest BCUT2D eigenvalue weighted by Crippen LogP contribution is -2.05. The molecule has 0 aliphatic heterocycles. The van der Waals surface area contributed by atoms with E-state index in [1.807, 2.05) is 72.8 Å². The molecule has 0 fully saturated rings.